The van der Waals surface area contributed by atoms with Crippen molar-refractivity contribution in [2.45, 2.75) is 83.3 Å². The van der Waals surface area contributed by atoms with E-state index in [-0.39, 0.29) is 23.9 Å². The lowest BCUT2D eigenvalue weighted by Gasteiger charge is -2.47. The van der Waals surface area contributed by atoms with Crippen molar-refractivity contribution >= 4 is 11.8 Å². The van der Waals surface area contributed by atoms with Crippen LogP contribution >= 0.6 is 0 Å². The second-order valence-corrected chi connectivity index (χ2v) is 7.34. The standard InChI is InChI=1S/C17H28N2O2/c1-4-13-7-8-14(11(13)2)19-12(3)15(20)18-17(16(19)21)9-5-6-10-17/h11-14H,4-10H2,1-3H3,(H,18,20). The molecule has 3 aliphatic rings. The second-order valence-electron chi connectivity index (χ2n) is 7.34. The van der Waals surface area contributed by atoms with Gasteiger partial charge in [0.2, 0.25) is 11.8 Å². The summed E-state index contributed by atoms with van der Waals surface area (Å²) in [7, 11) is 0. The van der Waals surface area contributed by atoms with Crippen LogP contribution in [0, 0.1) is 11.8 Å². The van der Waals surface area contributed by atoms with Crippen LogP contribution in [0.1, 0.15) is 65.7 Å². The molecule has 4 heteroatoms. The van der Waals surface area contributed by atoms with E-state index in [2.05, 4.69) is 19.2 Å². The Labute approximate surface area is 127 Å². The molecule has 4 atom stereocenters. The van der Waals surface area contributed by atoms with Crippen LogP contribution in [0.5, 0.6) is 0 Å². The average Bonchev–Trinajstić information content (AvgIpc) is 3.06. The van der Waals surface area contributed by atoms with Crippen molar-refractivity contribution in [1.82, 2.24) is 10.2 Å². The first-order valence-electron chi connectivity index (χ1n) is 8.65. The summed E-state index contributed by atoms with van der Waals surface area (Å²) in [6.07, 6.45) is 7.15. The topological polar surface area (TPSA) is 49.4 Å². The summed E-state index contributed by atoms with van der Waals surface area (Å²) in [4.78, 5) is 27.5. The van der Waals surface area contributed by atoms with Gasteiger partial charge in [0.05, 0.1) is 0 Å². The normalized spacial score (nSPS) is 39.1. The van der Waals surface area contributed by atoms with Gasteiger partial charge in [0.15, 0.2) is 0 Å². The molecule has 0 bridgehead atoms. The molecule has 118 valence electrons. The quantitative estimate of drug-likeness (QED) is 0.850. The van der Waals surface area contributed by atoms with Crippen LogP contribution in [-0.2, 0) is 9.59 Å². The van der Waals surface area contributed by atoms with Crippen molar-refractivity contribution in [2.75, 3.05) is 0 Å². The number of rotatable bonds is 2. The molecular weight excluding hydrogens is 264 g/mol. The summed E-state index contributed by atoms with van der Waals surface area (Å²) >= 11 is 0. The molecular formula is C17H28N2O2. The average molecular weight is 292 g/mol. The molecule has 21 heavy (non-hydrogen) atoms. The van der Waals surface area contributed by atoms with E-state index in [0.717, 1.165) is 32.1 Å². The number of carbonyl (C=O) groups excluding carboxylic acids is 2. The Kier molecular flexibility index (Phi) is 3.74. The van der Waals surface area contributed by atoms with E-state index in [1.54, 1.807) is 0 Å². The van der Waals surface area contributed by atoms with Gasteiger partial charge >= 0.3 is 0 Å². The zero-order valence-electron chi connectivity index (χ0n) is 13.5. The summed E-state index contributed by atoms with van der Waals surface area (Å²) < 4.78 is 0. The summed E-state index contributed by atoms with van der Waals surface area (Å²) in [5.41, 5.74) is -0.576. The van der Waals surface area contributed by atoms with Crippen LogP contribution in [0.3, 0.4) is 0 Å². The van der Waals surface area contributed by atoms with E-state index in [4.69, 9.17) is 0 Å². The van der Waals surface area contributed by atoms with Gasteiger partial charge < -0.3 is 10.2 Å². The number of nitrogens with zero attached hydrogens (tertiary/aromatic N) is 1. The van der Waals surface area contributed by atoms with E-state index < -0.39 is 5.54 Å². The lowest BCUT2D eigenvalue weighted by atomic mass is 9.87. The molecule has 3 fully saturated rings. The summed E-state index contributed by atoms with van der Waals surface area (Å²) in [5.74, 6) is 1.44. The first-order chi connectivity index (χ1) is 10.00. The molecule has 1 aliphatic heterocycles. The highest BCUT2D eigenvalue weighted by Crippen LogP contribution is 2.42. The van der Waals surface area contributed by atoms with Gasteiger partial charge in [0, 0.05) is 6.04 Å². The number of carbonyl (C=O) groups is 2. The van der Waals surface area contributed by atoms with Gasteiger partial charge in [-0.05, 0) is 44.4 Å². The monoisotopic (exact) mass is 292 g/mol. The summed E-state index contributed by atoms with van der Waals surface area (Å²) in [5, 5.41) is 3.05. The zero-order chi connectivity index (χ0) is 15.2. The zero-order valence-corrected chi connectivity index (χ0v) is 13.5. The van der Waals surface area contributed by atoms with Gasteiger partial charge in [-0.3, -0.25) is 9.59 Å². The highest BCUT2D eigenvalue weighted by atomic mass is 16.2. The fourth-order valence-corrected chi connectivity index (χ4v) is 4.89. The van der Waals surface area contributed by atoms with Gasteiger partial charge in [0.25, 0.3) is 0 Å². The Bertz CT molecular complexity index is 442. The maximum atomic E-state index is 13.1. The van der Waals surface area contributed by atoms with Gasteiger partial charge in [-0.1, -0.05) is 33.1 Å². The Morgan fingerprint density at radius 2 is 1.86 bits per heavy atom. The SMILES string of the molecule is CCC1CCC(N2C(=O)C3(CCCC3)NC(=O)C2C)C1C. The smallest absolute Gasteiger partial charge is 0.249 e. The first-order valence-corrected chi connectivity index (χ1v) is 8.65. The van der Waals surface area contributed by atoms with E-state index >= 15 is 0 Å². The van der Waals surface area contributed by atoms with Crippen LogP contribution in [0.2, 0.25) is 0 Å². The predicted octanol–water partition coefficient (Wildman–Crippen LogP) is 2.47. The number of hydrogen-bond acceptors (Lipinski definition) is 2. The second kappa shape index (κ2) is 5.29. The van der Waals surface area contributed by atoms with Crippen molar-refractivity contribution < 1.29 is 9.59 Å². The third-order valence-corrected chi connectivity index (χ3v) is 6.33. The van der Waals surface area contributed by atoms with Crippen LogP contribution < -0.4 is 5.32 Å². The molecule has 4 nitrogen and oxygen atoms in total. The molecule has 4 unspecified atom stereocenters. The van der Waals surface area contributed by atoms with Crippen molar-refractivity contribution in [1.29, 1.82) is 0 Å². The van der Waals surface area contributed by atoms with Crippen molar-refractivity contribution in [3.8, 4) is 0 Å². The molecule has 1 spiro atoms. The van der Waals surface area contributed by atoms with Gasteiger partial charge in [-0.2, -0.15) is 0 Å². The third-order valence-electron chi connectivity index (χ3n) is 6.33. The lowest BCUT2D eigenvalue weighted by Crippen LogP contribution is -2.70. The van der Waals surface area contributed by atoms with Gasteiger partial charge in [-0.25, -0.2) is 0 Å². The highest BCUT2D eigenvalue weighted by Gasteiger charge is 2.54. The molecule has 2 saturated carbocycles. The van der Waals surface area contributed by atoms with Crippen LogP contribution in [0.25, 0.3) is 0 Å². The summed E-state index contributed by atoms with van der Waals surface area (Å²) in [6, 6.07) is -0.0623. The molecule has 1 saturated heterocycles. The number of hydrogen-bond donors (Lipinski definition) is 1. The lowest BCUT2D eigenvalue weighted by molar-refractivity contribution is -0.158. The largest absolute Gasteiger partial charge is 0.340 e. The fraction of sp³-hybridized carbons (Fsp3) is 0.882. The van der Waals surface area contributed by atoms with Crippen LogP contribution in [-0.4, -0.2) is 34.3 Å². The van der Waals surface area contributed by atoms with Crippen LogP contribution in [0.15, 0.2) is 0 Å². The van der Waals surface area contributed by atoms with E-state index in [9.17, 15) is 9.59 Å². The number of amides is 2. The Morgan fingerprint density at radius 1 is 1.19 bits per heavy atom. The molecule has 2 amide bonds. The third kappa shape index (κ3) is 2.18. The maximum absolute atomic E-state index is 13.1. The highest BCUT2D eigenvalue weighted by molar-refractivity contribution is 6.00. The molecule has 1 heterocycles. The predicted molar refractivity (Wildman–Crippen MR) is 81.6 cm³/mol. The Hall–Kier alpha value is -1.06. The van der Waals surface area contributed by atoms with Gasteiger partial charge in [-0.15, -0.1) is 0 Å². The molecule has 0 aromatic carbocycles. The molecule has 3 rings (SSSR count). The van der Waals surface area contributed by atoms with Crippen molar-refractivity contribution in [3.63, 3.8) is 0 Å². The number of nitrogens with one attached hydrogen (secondary N) is 1. The van der Waals surface area contributed by atoms with E-state index in [1.807, 2.05) is 11.8 Å². The molecule has 0 aromatic rings. The van der Waals surface area contributed by atoms with E-state index in [1.165, 1.54) is 12.8 Å². The first kappa shape index (κ1) is 14.9. The minimum Gasteiger partial charge on any atom is -0.340 e. The fourth-order valence-electron chi connectivity index (χ4n) is 4.89. The molecule has 1 N–H and O–H groups in total. The molecule has 0 aromatic heterocycles. The minimum atomic E-state index is -0.576. The minimum absolute atomic E-state index is 0.0450. The molecule has 2 aliphatic carbocycles. The maximum Gasteiger partial charge on any atom is 0.249 e. The Morgan fingerprint density at radius 3 is 2.43 bits per heavy atom. The van der Waals surface area contributed by atoms with Gasteiger partial charge in [0.1, 0.15) is 11.6 Å². The summed E-state index contributed by atoms with van der Waals surface area (Å²) in [6.45, 7) is 6.39. The number of piperazine rings is 1. The van der Waals surface area contributed by atoms with Crippen LogP contribution in [0.4, 0.5) is 0 Å². The van der Waals surface area contributed by atoms with Crippen molar-refractivity contribution in [2.24, 2.45) is 11.8 Å². The Balaban J connectivity index is 1.88. The van der Waals surface area contributed by atoms with E-state index in [0.29, 0.717) is 11.8 Å². The van der Waals surface area contributed by atoms with Crippen molar-refractivity contribution in [3.05, 3.63) is 0 Å². The molecule has 0 radical (unpaired) electrons.